The molecule has 21 heavy (non-hydrogen) atoms. The smallest absolute Gasteiger partial charge is 0.0594 e. The van der Waals surface area contributed by atoms with Crippen molar-refractivity contribution in [3.8, 4) is 0 Å². The summed E-state index contributed by atoms with van der Waals surface area (Å²) >= 11 is 0. The van der Waals surface area contributed by atoms with Gasteiger partial charge in [-0.2, -0.15) is 0 Å². The zero-order valence-corrected chi connectivity index (χ0v) is 13.0. The molecule has 1 aliphatic rings. The second-order valence-corrected chi connectivity index (χ2v) is 6.07. The van der Waals surface area contributed by atoms with Crippen LogP contribution in [0.25, 0.3) is 10.8 Å². The molecular weight excluding hydrogens is 258 g/mol. The van der Waals surface area contributed by atoms with Crippen molar-refractivity contribution in [1.82, 2.24) is 5.32 Å². The zero-order valence-electron chi connectivity index (χ0n) is 13.0. The lowest BCUT2D eigenvalue weighted by Crippen LogP contribution is -2.32. The van der Waals surface area contributed by atoms with Crippen LogP contribution in [0.3, 0.4) is 0 Å². The number of nitrogens with one attached hydrogen (secondary N) is 1. The number of fused-ring (bicyclic) bond motifs is 1. The zero-order chi connectivity index (χ0) is 14.7. The summed E-state index contributed by atoms with van der Waals surface area (Å²) in [6.07, 6.45) is 2.65. The van der Waals surface area contributed by atoms with Gasteiger partial charge in [-0.3, -0.25) is 0 Å². The Morgan fingerprint density at radius 3 is 2.71 bits per heavy atom. The van der Waals surface area contributed by atoms with E-state index in [2.05, 4.69) is 61.6 Å². The van der Waals surface area contributed by atoms with E-state index in [0.717, 1.165) is 26.0 Å². The van der Waals surface area contributed by atoms with Gasteiger partial charge in [-0.25, -0.2) is 0 Å². The van der Waals surface area contributed by atoms with Crippen LogP contribution in [-0.2, 0) is 4.74 Å². The maximum atomic E-state index is 5.80. The molecule has 3 rings (SSSR count). The van der Waals surface area contributed by atoms with Crippen molar-refractivity contribution in [1.29, 1.82) is 0 Å². The van der Waals surface area contributed by atoms with Gasteiger partial charge in [0, 0.05) is 18.6 Å². The standard InChI is InChI=1S/C19H25NO/c1-3-11-20-19(18-10-12-21-14(18)2)17-9-8-15-6-4-5-7-16(15)13-17/h4-9,13-14,18-20H,3,10-12H2,1-2H3. The van der Waals surface area contributed by atoms with E-state index < -0.39 is 0 Å². The van der Waals surface area contributed by atoms with Gasteiger partial charge < -0.3 is 10.1 Å². The van der Waals surface area contributed by atoms with Gasteiger partial charge in [-0.05, 0) is 48.7 Å². The molecule has 0 aliphatic carbocycles. The summed E-state index contributed by atoms with van der Waals surface area (Å²) in [7, 11) is 0. The summed E-state index contributed by atoms with van der Waals surface area (Å²) in [5.41, 5.74) is 1.39. The summed E-state index contributed by atoms with van der Waals surface area (Å²) < 4.78 is 5.80. The molecule has 112 valence electrons. The predicted molar refractivity (Wildman–Crippen MR) is 88.5 cm³/mol. The lowest BCUT2D eigenvalue weighted by Gasteiger charge is -2.27. The maximum Gasteiger partial charge on any atom is 0.0594 e. The van der Waals surface area contributed by atoms with Crippen molar-refractivity contribution >= 4 is 10.8 Å². The van der Waals surface area contributed by atoms with Crippen LogP contribution in [0.1, 0.15) is 38.3 Å². The molecule has 2 nitrogen and oxygen atoms in total. The van der Waals surface area contributed by atoms with Crippen molar-refractivity contribution in [2.45, 2.75) is 38.8 Å². The summed E-state index contributed by atoms with van der Waals surface area (Å²) in [6.45, 7) is 6.38. The lowest BCUT2D eigenvalue weighted by molar-refractivity contribution is 0.0954. The average Bonchev–Trinajstić information content (AvgIpc) is 2.94. The molecule has 0 aromatic heterocycles. The van der Waals surface area contributed by atoms with Crippen LogP contribution in [0.2, 0.25) is 0 Å². The minimum atomic E-state index is 0.339. The molecule has 3 atom stereocenters. The molecule has 3 unspecified atom stereocenters. The Morgan fingerprint density at radius 1 is 1.19 bits per heavy atom. The highest BCUT2D eigenvalue weighted by atomic mass is 16.5. The Morgan fingerprint density at radius 2 is 2.00 bits per heavy atom. The Balaban J connectivity index is 1.92. The second-order valence-electron chi connectivity index (χ2n) is 6.07. The molecule has 1 heterocycles. The molecular formula is C19H25NO. The van der Waals surface area contributed by atoms with Crippen LogP contribution in [0.4, 0.5) is 0 Å². The van der Waals surface area contributed by atoms with Gasteiger partial charge in [-0.1, -0.05) is 43.3 Å². The average molecular weight is 283 g/mol. The first kappa shape index (κ1) is 14.6. The van der Waals surface area contributed by atoms with Gasteiger partial charge in [0.15, 0.2) is 0 Å². The molecule has 0 amide bonds. The first-order valence-electron chi connectivity index (χ1n) is 8.13. The van der Waals surface area contributed by atoms with E-state index in [9.17, 15) is 0 Å². The SMILES string of the molecule is CCCNC(c1ccc2ccccc2c1)C1CCOC1C. The molecule has 0 radical (unpaired) electrons. The van der Waals surface area contributed by atoms with Crippen LogP contribution in [0, 0.1) is 5.92 Å². The van der Waals surface area contributed by atoms with Crippen LogP contribution in [-0.4, -0.2) is 19.3 Å². The van der Waals surface area contributed by atoms with Crippen LogP contribution >= 0.6 is 0 Å². The van der Waals surface area contributed by atoms with Gasteiger partial charge in [0.2, 0.25) is 0 Å². The van der Waals surface area contributed by atoms with Gasteiger partial charge in [0.25, 0.3) is 0 Å². The first-order chi connectivity index (χ1) is 10.3. The fourth-order valence-electron chi connectivity index (χ4n) is 3.40. The highest BCUT2D eigenvalue weighted by Gasteiger charge is 2.32. The third-order valence-electron chi connectivity index (χ3n) is 4.61. The number of rotatable bonds is 5. The summed E-state index contributed by atoms with van der Waals surface area (Å²) in [5, 5.41) is 6.38. The first-order valence-corrected chi connectivity index (χ1v) is 8.13. The van der Waals surface area contributed by atoms with E-state index in [-0.39, 0.29) is 0 Å². The van der Waals surface area contributed by atoms with E-state index in [1.165, 1.54) is 16.3 Å². The summed E-state index contributed by atoms with van der Waals surface area (Å²) in [5.74, 6) is 0.567. The Bertz CT molecular complexity index is 595. The van der Waals surface area contributed by atoms with E-state index in [0.29, 0.717) is 18.1 Å². The molecule has 0 saturated carbocycles. The number of hydrogen-bond donors (Lipinski definition) is 1. The lowest BCUT2D eigenvalue weighted by atomic mass is 9.87. The van der Waals surface area contributed by atoms with Crippen molar-refractivity contribution in [3.63, 3.8) is 0 Å². The van der Waals surface area contributed by atoms with E-state index in [4.69, 9.17) is 4.74 Å². The normalized spacial score (nSPS) is 23.5. The highest BCUT2D eigenvalue weighted by Crippen LogP contribution is 2.34. The van der Waals surface area contributed by atoms with Crippen molar-refractivity contribution < 1.29 is 4.74 Å². The number of ether oxygens (including phenoxy) is 1. The van der Waals surface area contributed by atoms with Gasteiger partial charge >= 0.3 is 0 Å². The fourth-order valence-corrected chi connectivity index (χ4v) is 3.40. The monoisotopic (exact) mass is 283 g/mol. The molecule has 0 spiro atoms. The van der Waals surface area contributed by atoms with Gasteiger partial charge in [-0.15, -0.1) is 0 Å². The third kappa shape index (κ3) is 3.12. The van der Waals surface area contributed by atoms with Crippen LogP contribution in [0.15, 0.2) is 42.5 Å². The van der Waals surface area contributed by atoms with Gasteiger partial charge in [0.1, 0.15) is 0 Å². The molecule has 1 saturated heterocycles. The summed E-state index contributed by atoms with van der Waals surface area (Å²) in [4.78, 5) is 0. The number of hydrogen-bond acceptors (Lipinski definition) is 2. The topological polar surface area (TPSA) is 21.3 Å². The van der Waals surface area contributed by atoms with Crippen molar-refractivity contribution in [2.24, 2.45) is 5.92 Å². The van der Waals surface area contributed by atoms with Crippen molar-refractivity contribution in [3.05, 3.63) is 48.0 Å². The minimum Gasteiger partial charge on any atom is -0.378 e. The molecule has 2 aromatic rings. The van der Waals surface area contributed by atoms with Crippen molar-refractivity contribution in [2.75, 3.05) is 13.2 Å². The number of benzene rings is 2. The summed E-state index contributed by atoms with van der Waals surface area (Å²) in [6, 6.07) is 15.8. The predicted octanol–water partition coefficient (Wildman–Crippen LogP) is 4.31. The quantitative estimate of drug-likeness (QED) is 0.883. The molecule has 1 N–H and O–H groups in total. The molecule has 1 fully saturated rings. The van der Waals surface area contributed by atoms with Crippen LogP contribution < -0.4 is 5.32 Å². The molecule has 2 heteroatoms. The molecule has 2 aromatic carbocycles. The highest BCUT2D eigenvalue weighted by molar-refractivity contribution is 5.83. The molecule has 0 bridgehead atoms. The third-order valence-corrected chi connectivity index (χ3v) is 4.61. The van der Waals surface area contributed by atoms with E-state index in [1.807, 2.05) is 0 Å². The Hall–Kier alpha value is -1.38. The fraction of sp³-hybridized carbons (Fsp3) is 0.474. The van der Waals surface area contributed by atoms with Crippen LogP contribution in [0.5, 0.6) is 0 Å². The van der Waals surface area contributed by atoms with E-state index >= 15 is 0 Å². The Labute approximate surface area is 127 Å². The van der Waals surface area contributed by atoms with E-state index in [1.54, 1.807) is 0 Å². The maximum absolute atomic E-state index is 5.80. The van der Waals surface area contributed by atoms with Gasteiger partial charge in [0.05, 0.1) is 6.10 Å². The second kappa shape index (κ2) is 6.59. The molecule has 1 aliphatic heterocycles. The Kier molecular flexibility index (Phi) is 4.57. The largest absolute Gasteiger partial charge is 0.378 e. The minimum absolute atomic E-state index is 0.339.